The smallest absolute Gasteiger partial charge is 0.236 e. The van der Waals surface area contributed by atoms with Gasteiger partial charge < -0.3 is 19.4 Å². The molecule has 0 saturated carbocycles. The predicted molar refractivity (Wildman–Crippen MR) is 137 cm³/mol. The van der Waals surface area contributed by atoms with Crippen LogP contribution in [0.25, 0.3) is 21.5 Å². The topological polar surface area (TPSA) is 78.3 Å². The molecule has 2 aromatic heterocycles. The lowest BCUT2D eigenvalue weighted by Crippen LogP contribution is -2.18. The highest BCUT2D eigenvalue weighted by Gasteiger charge is 2.21. The van der Waals surface area contributed by atoms with Gasteiger partial charge in [-0.1, -0.05) is 53.4 Å². The summed E-state index contributed by atoms with van der Waals surface area (Å²) in [6.45, 7) is 4.10. The molecule has 0 unspecified atom stereocenters. The molecule has 1 amide bonds. The number of thioether (sulfide) groups is 1. The number of hydrogen-bond donors (Lipinski definition) is 1. The van der Waals surface area contributed by atoms with Gasteiger partial charge in [-0.15, -0.1) is 0 Å². The first-order valence-corrected chi connectivity index (χ1v) is 13.2. The molecule has 1 aliphatic rings. The summed E-state index contributed by atoms with van der Waals surface area (Å²) >= 11 is 2.87. The molecule has 1 N–H and O–H groups in total. The molecule has 3 heterocycles. The van der Waals surface area contributed by atoms with Crippen molar-refractivity contribution in [1.29, 1.82) is 0 Å². The number of fused-ring (bicyclic) bond motifs is 1. The number of anilines is 1. The van der Waals surface area contributed by atoms with Crippen LogP contribution < -0.4 is 10.1 Å². The van der Waals surface area contributed by atoms with Crippen LogP contribution in [0, 0.1) is 0 Å². The Morgan fingerprint density at radius 1 is 1.29 bits per heavy atom. The molecular formula is C25H26N4O3S2. The van der Waals surface area contributed by atoms with Gasteiger partial charge in [-0.25, -0.2) is 9.97 Å². The zero-order valence-corrected chi connectivity index (χ0v) is 20.5. The molecule has 1 fully saturated rings. The van der Waals surface area contributed by atoms with Gasteiger partial charge in [0.15, 0.2) is 10.3 Å². The lowest BCUT2D eigenvalue weighted by Gasteiger charge is -2.16. The van der Waals surface area contributed by atoms with Gasteiger partial charge in [0.05, 0.1) is 47.1 Å². The van der Waals surface area contributed by atoms with E-state index in [1.165, 1.54) is 23.1 Å². The second-order valence-electron chi connectivity index (χ2n) is 7.96. The zero-order valence-electron chi connectivity index (χ0n) is 18.9. The number of nitrogens with zero attached hydrogens (tertiary/aromatic N) is 3. The first-order valence-electron chi connectivity index (χ1n) is 11.4. The minimum absolute atomic E-state index is 0.109. The molecular weight excluding hydrogens is 468 g/mol. The largest absolute Gasteiger partial charge is 0.494 e. The minimum Gasteiger partial charge on any atom is -0.494 e. The number of benzene rings is 2. The molecule has 0 aliphatic carbocycles. The highest BCUT2D eigenvalue weighted by atomic mass is 32.2. The molecule has 0 bridgehead atoms. The van der Waals surface area contributed by atoms with Crippen molar-refractivity contribution < 1.29 is 14.3 Å². The summed E-state index contributed by atoms with van der Waals surface area (Å²) in [5, 5.41) is 4.33. The lowest BCUT2D eigenvalue weighted by atomic mass is 10.1. The minimum atomic E-state index is -0.109. The van der Waals surface area contributed by atoms with E-state index in [0.29, 0.717) is 11.7 Å². The van der Waals surface area contributed by atoms with Gasteiger partial charge in [0.2, 0.25) is 5.91 Å². The number of nitrogens with one attached hydrogen (secondary N) is 1. The van der Waals surface area contributed by atoms with E-state index >= 15 is 0 Å². The summed E-state index contributed by atoms with van der Waals surface area (Å²) < 4.78 is 14.6. The lowest BCUT2D eigenvalue weighted by molar-refractivity contribution is -0.113. The van der Waals surface area contributed by atoms with Crippen LogP contribution in [0.15, 0.2) is 59.9 Å². The van der Waals surface area contributed by atoms with Crippen LogP contribution in [0.4, 0.5) is 5.13 Å². The van der Waals surface area contributed by atoms with Gasteiger partial charge in [0.1, 0.15) is 5.75 Å². The summed E-state index contributed by atoms with van der Waals surface area (Å²) in [6, 6.07) is 16.0. The highest BCUT2D eigenvalue weighted by Crippen LogP contribution is 2.31. The Hall–Kier alpha value is -2.88. The van der Waals surface area contributed by atoms with E-state index in [0.717, 1.165) is 58.4 Å². The van der Waals surface area contributed by atoms with E-state index in [9.17, 15) is 4.79 Å². The Morgan fingerprint density at radius 3 is 2.97 bits per heavy atom. The first kappa shape index (κ1) is 22.9. The molecule has 34 heavy (non-hydrogen) atoms. The quantitative estimate of drug-likeness (QED) is 0.311. The van der Waals surface area contributed by atoms with Crippen LogP contribution in [-0.2, 0) is 16.1 Å². The number of thiazole rings is 1. The molecule has 1 aliphatic heterocycles. The van der Waals surface area contributed by atoms with Crippen LogP contribution in [0.3, 0.4) is 0 Å². The van der Waals surface area contributed by atoms with Gasteiger partial charge >= 0.3 is 0 Å². The fourth-order valence-electron chi connectivity index (χ4n) is 3.98. The fourth-order valence-corrected chi connectivity index (χ4v) is 5.68. The molecule has 176 valence electrons. The van der Waals surface area contributed by atoms with Crippen molar-refractivity contribution in [2.45, 2.75) is 37.6 Å². The second kappa shape index (κ2) is 10.6. The third-order valence-corrected chi connectivity index (χ3v) is 7.47. The number of carbonyl (C=O) groups is 1. The average Bonchev–Trinajstić information content (AvgIpc) is 3.59. The number of imidazole rings is 1. The summed E-state index contributed by atoms with van der Waals surface area (Å²) in [7, 11) is 0. The van der Waals surface area contributed by atoms with Gasteiger partial charge in [-0.05, 0) is 43.5 Å². The molecule has 9 heteroatoms. The zero-order chi connectivity index (χ0) is 23.3. The van der Waals surface area contributed by atoms with E-state index < -0.39 is 0 Å². The van der Waals surface area contributed by atoms with Gasteiger partial charge in [0.25, 0.3) is 0 Å². The third-order valence-electron chi connectivity index (χ3n) is 5.55. The summed E-state index contributed by atoms with van der Waals surface area (Å²) in [5.74, 6) is 0.943. The van der Waals surface area contributed by atoms with Crippen LogP contribution in [0.5, 0.6) is 5.75 Å². The van der Waals surface area contributed by atoms with E-state index in [4.69, 9.17) is 9.47 Å². The standard InChI is InChI=1S/C25H26N4O3S2/c1-2-31-18-10-11-20-22(13-18)34-24(27-20)28-23(30)16-33-25-26-14-21(17-7-4-3-5-8-17)29(25)15-19-9-6-12-32-19/h3-5,7-8,10-11,13-14,19H,2,6,9,12,15-16H2,1H3,(H,27,28,30)/t19-/m1/s1. The molecule has 7 nitrogen and oxygen atoms in total. The van der Waals surface area contributed by atoms with Crippen LogP contribution in [0.2, 0.25) is 0 Å². The summed E-state index contributed by atoms with van der Waals surface area (Å²) in [4.78, 5) is 21.9. The van der Waals surface area contributed by atoms with E-state index in [1.54, 1.807) is 0 Å². The van der Waals surface area contributed by atoms with Crippen molar-refractivity contribution in [2.75, 3.05) is 24.3 Å². The average molecular weight is 495 g/mol. The van der Waals surface area contributed by atoms with Crippen molar-refractivity contribution in [3.05, 3.63) is 54.7 Å². The number of aromatic nitrogens is 3. The van der Waals surface area contributed by atoms with Crippen molar-refractivity contribution in [3.63, 3.8) is 0 Å². The Morgan fingerprint density at radius 2 is 2.18 bits per heavy atom. The van der Waals surface area contributed by atoms with E-state index in [1.807, 2.05) is 49.5 Å². The van der Waals surface area contributed by atoms with Crippen molar-refractivity contribution >= 4 is 44.4 Å². The molecule has 1 saturated heterocycles. The van der Waals surface area contributed by atoms with E-state index in [-0.39, 0.29) is 17.8 Å². The van der Waals surface area contributed by atoms with Crippen molar-refractivity contribution in [3.8, 4) is 17.0 Å². The van der Waals surface area contributed by atoms with Crippen LogP contribution >= 0.6 is 23.1 Å². The normalized spacial score (nSPS) is 15.6. The number of amides is 1. The second-order valence-corrected chi connectivity index (χ2v) is 9.93. The Kier molecular flexibility index (Phi) is 7.13. The Labute approximate surface area is 206 Å². The Bertz CT molecular complexity index is 1270. The maximum Gasteiger partial charge on any atom is 0.236 e. The fraction of sp³-hybridized carbons (Fsp3) is 0.320. The van der Waals surface area contributed by atoms with E-state index in [2.05, 4.69) is 32.0 Å². The number of hydrogen-bond acceptors (Lipinski definition) is 7. The monoisotopic (exact) mass is 494 g/mol. The predicted octanol–water partition coefficient (Wildman–Crippen LogP) is 5.47. The third kappa shape index (κ3) is 5.27. The van der Waals surface area contributed by atoms with Gasteiger partial charge in [-0.3, -0.25) is 4.79 Å². The summed E-state index contributed by atoms with van der Waals surface area (Å²) in [5.41, 5.74) is 2.98. The van der Waals surface area contributed by atoms with Crippen molar-refractivity contribution in [2.24, 2.45) is 0 Å². The Balaban J connectivity index is 1.28. The maximum atomic E-state index is 12.7. The molecule has 1 atom stereocenters. The SMILES string of the molecule is CCOc1ccc2nc(NC(=O)CSc3ncc(-c4ccccc4)n3C[C@H]3CCCO3)sc2c1. The number of ether oxygens (including phenoxy) is 2. The molecule has 2 aromatic carbocycles. The van der Waals surface area contributed by atoms with Crippen LogP contribution in [0.1, 0.15) is 19.8 Å². The summed E-state index contributed by atoms with van der Waals surface area (Å²) in [6.07, 6.45) is 4.18. The first-order chi connectivity index (χ1) is 16.7. The van der Waals surface area contributed by atoms with Gasteiger partial charge in [-0.2, -0.15) is 0 Å². The number of carbonyl (C=O) groups excluding carboxylic acids is 1. The molecule has 4 aromatic rings. The van der Waals surface area contributed by atoms with Gasteiger partial charge in [0, 0.05) is 6.61 Å². The van der Waals surface area contributed by atoms with Crippen molar-refractivity contribution in [1.82, 2.24) is 14.5 Å². The molecule has 0 spiro atoms. The number of rotatable bonds is 9. The molecule has 0 radical (unpaired) electrons. The molecule has 5 rings (SSSR count). The van der Waals surface area contributed by atoms with Crippen LogP contribution in [-0.4, -0.2) is 45.5 Å². The highest BCUT2D eigenvalue weighted by molar-refractivity contribution is 7.99. The maximum absolute atomic E-state index is 12.7.